The molecule has 0 unspecified atom stereocenters. The molecular weight excluding hydrogens is 222 g/mol. The van der Waals surface area contributed by atoms with E-state index >= 15 is 0 Å². The van der Waals surface area contributed by atoms with Crippen molar-refractivity contribution < 1.29 is 19.1 Å². The van der Waals surface area contributed by atoms with Crippen molar-refractivity contribution in [2.75, 3.05) is 25.6 Å². The van der Waals surface area contributed by atoms with Crippen molar-refractivity contribution in [1.82, 2.24) is 4.90 Å². The van der Waals surface area contributed by atoms with Crippen LogP contribution < -0.4 is 0 Å². The van der Waals surface area contributed by atoms with Crippen LogP contribution in [0.15, 0.2) is 12.7 Å². The van der Waals surface area contributed by atoms with E-state index in [9.17, 15) is 9.59 Å². The van der Waals surface area contributed by atoms with Gasteiger partial charge in [-0.2, -0.15) is 0 Å². The molecule has 0 aromatic rings. The minimum absolute atomic E-state index is 0.169. The lowest BCUT2D eigenvalue weighted by Gasteiger charge is -2.37. The molecule has 0 spiro atoms. The third-order valence-electron chi connectivity index (χ3n) is 1.84. The first-order chi connectivity index (χ1) is 7.17. The van der Waals surface area contributed by atoms with Gasteiger partial charge in [-0.1, -0.05) is 12.7 Å². The van der Waals surface area contributed by atoms with Gasteiger partial charge >= 0.3 is 12.1 Å². The second-order valence-electron chi connectivity index (χ2n) is 3.02. The molecule has 0 bridgehead atoms. The lowest BCUT2D eigenvalue weighted by molar-refractivity contribution is -0.153. The van der Waals surface area contributed by atoms with Gasteiger partial charge in [-0.05, 0) is 0 Å². The average Bonchev–Trinajstić information content (AvgIpc) is 2.18. The third-order valence-corrected chi connectivity index (χ3v) is 2.06. The lowest BCUT2D eigenvalue weighted by atomic mass is 10.2. The van der Waals surface area contributed by atoms with E-state index in [4.69, 9.17) is 21.1 Å². The first kappa shape index (κ1) is 11.8. The van der Waals surface area contributed by atoms with Crippen molar-refractivity contribution in [2.45, 2.75) is 6.10 Å². The number of hydrogen-bond acceptors (Lipinski definition) is 4. The average molecular weight is 234 g/mol. The number of carbonyl (C=O) groups is 2. The zero-order valence-corrected chi connectivity index (χ0v) is 8.90. The summed E-state index contributed by atoms with van der Waals surface area (Å²) in [5, 5.41) is 0. The maximum atomic E-state index is 11.2. The van der Waals surface area contributed by atoms with Gasteiger partial charge in [0.2, 0.25) is 0 Å². The van der Waals surface area contributed by atoms with Crippen LogP contribution in [-0.2, 0) is 14.3 Å². The first-order valence-corrected chi connectivity index (χ1v) is 4.99. The molecule has 0 N–H and O–H groups in total. The zero-order valence-electron chi connectivity index (χ0n) is 8.15. The summed E-state index contributed by atoms with van der Waals surface area (Å²) in [6.45, 7) is 4.32. The van der Waals surface area contributed by atoms with E-state index in [2.05, 4.69) is 6.58 Å². The number of carbonyl (C=O) groups excluding carboxylic acids is 2. The molecule has 0 atom stereocenters. The van der Waals surface area contributed by atoms with Crippen LogP contribution in [0.3, 0.4) is 0 Å². The number of likely N-dealkylation sites (tertiary alicyclic amines) is 1. The molecular formula is C9H12ClNO4. The van der Waals surface area contributed by atoms with E-state index in [1.807, 2.05) is 0 Å². The number of esters is 1. The Morgan fingerprint density at radius 1 is 1.53 bits per heavy atom. The summed E-state index contributed by atoms with van der Waals surface area (Å²) in [7, 11) is 0. The minimum atomic E-state index is -0.472. The molecule has 5 nitrogen and oxygen atoms in total. The molecule has 0 aliphatic carbocycles. The largest absolute Gasteiger partial charge is 0.458 e. The Bertz CT molecular complexity index is 263. The predicted octanol–water partition coefficient (Wildman–Crippen LogP) is 0.775. The van der Waals surface area contributed by atoms with Crippen LogP contribution in [-0.4, -0.2) is 48.6 Å². The Kier molecular flexibility index (Phi) is 4.42. The van der Waals surface area contributed by atoms with Crippen molar-refractivity contribution in [3.63, 3.8) is 0 Å². The van der Waals surface area contributed by atoms with Crippen LogP contribution in [0.5, 0.6) is 0 Å². The summed E-state index contributed by atoms with van der Waals surface area (Å²) in [4.78, 5) is 23.4. The fourth-order valence-corrected chi connectivity index (χ4v) is 1.16. The number of nitrogens with zero attached hydrogens (tertiary/aromatic N) is 1. The van der Waals surface area contributed by atoms with Gasteiger partial charge in [0.05, 0.1) is 13.1 Å². The Balaban J connectivity index is 2.16. The molecule has 0 radical (unpaired) electrons. The van der Waals surface area contributed by atoms with E-state index in [1.165, 1.54) is 11.0 Å². The second-order valence-corrected chi connectivity index (χ2v) is 3.28. The molecule has 1 heterocycles. The highest BCUT2D eigenvalue weighted by molar-refractivity contribution is 6.26. The highest BCUT2D eigenvalue weighted by Crippen LogP contribution is 2.13. The van der Waals surface area contributed by atoms with Crippen LogP contribution in [0, 0.1) is 0 Å². The number of amides is 1. The number of rotatable bonds is 4. The molecule has 0 aromatic carbocycles. The van der Waals surface area contributed by atoms with Crippen LogP contribution in [0.4, 0.5) is 4.79 Å². The summed E-state index contributed by atoms with van der Waals surface area (Å²) in [5.41, 5.74) is 0. The molecule has 1 amide bonds. The van der Waals surface area contributed by atoms with Gasteiger partial charge in [-0.15, -0.1) is 11.6 Å². The zero-order chi connectivity index (χ0) is 11.3. The maximum absolute atomic E-state index is 11.2. The first-order valence-electron chi connectivity index (χ1n) is 4.45. The Hall–Kier alpha value is -1.23. The van der Waals surface area contributed by atoms with Crippen molar-refractivity contribution in [3.8, 4) is 0 Å². The highest BCUT2D eigenvalue weighted by Gasteiger charge is 2.34. The van der Waals surface area contributed by atoms with E-state index in [-0.39, 0.29) is 18.6 Å². The Morgan fingerprint density at radius 3 is 2.73 bits per heavy atom. The van der Waals surface area contributed by atoms with E-state index < -0.39 is 12.1 Å². The molecule has 1 aliphatic heterocycles. The van der Waals surface area contributed by atoms with Gasteiger partial charge in [0.25, 0.3) is 0 Å². The van der Waals surface area contributed by atoms with Gasteiger partial charge in [-0.25, -0.2) is 4.79 Å². The molecule has 0 saturated carbocycles. The fourth-order valence-electron chi connectivity index (χ4n) is 1.10. The smallest absolute Gasteiger partial charge is 0.410 e. The molecule has 84 valence electrons. The fraction of sp³-hybridized carbons (Fsp3) is 0.556. The van der Waals surface area contributed by atoms with Gasteiger partial charge in [0.15, 0.2) is 0 Å². The quantitative estimate of drug-likeness (QED) is 0.409. The summed E-state index contributed by atoms with van der Waals surface area (Å²) in [6, 6.07) is 0. The van der Waals surface area contributed by atoms with Crippen molar-refractivity contribution in [3.05, 3.63) is 12.7 Å². The van der Waals surface area contributed by atoms with E-state index in [0.29, 0.717) is 13.1 Å². The maximum Gasteiger partial charge on any atom is 0.410 e. The van der Waals surface area contributed by atoms with Gasteiger partial charge < -0.3 is 14.4 Å². The van der Waals surface area contributed by atoms with Crippen LogP contribution in [0.25, 0.3) is 0 Å². The summed E-state index contributed by atoms with van der Waals surface area (Å²) < 4.78 is 9.66. The lowest BCUT2D eigenvalue weighted by Crippen LogP contribution is -2.55. The normalized spacial score (nSPS) is 15.4. The summed E-state index contributed by atoms with van der Waals surface area (Å²) in [6.07, 6.45) is 0.809. The third kappa shape index (κ3) is 3.43. The minimum Gasteiger partial charge on any atom is -0.458 e. The van der Waals surface area contributed by atoms with Crippen LogP contribution in [0.1, 0.15) is 0 Å². The van der Waals surface area contributed by atoms with Gasteiger partial charge in [-0.3, -0.25) is 4.79 Å². The Labute approximate surface area is 92.6 Å². The van der Waals surface area contributed by atoms with Crippen LogP contribution >= 0.6 is 11.6 Å². The second kappa shape index (κ2) is 5.60. The van der Waals surface area contributed by atoms with Gasteiger partial charge in [0.1, 0.15) is 18.6 Å². The van der Waals surface area contributed by atoms with Crippen molar-refractivity contribution in [1.29, 1.82) is 0 Å². The number of ether oxygens (including phenoxy) is 2. The summed E-state index contributed by atoms with van der Waals surface area (Å²) >= 11 is 5.25. The van der Waals surface area contributed by atoms with Crippen molar-refractivity contribution >= 4 is 23.7 Å². The van der Waals surface area contributed by atoms with Crippen LogP contribution in [0.2, 0.25) is 0 Å². The molecule has 0 aromatic heterocycles. The molecule has 1 aliphatic rings. The Morgan fingerprint density at radius 2 is 2.20 bits per heavy atom. The standard InChI is InChI=1S/C9H12ClNO4/c1-2-3-14-9(13)11-5-7(6-11)15-8(12)4-10/h2,7H,1,3-6H2. The molecule has 1 fully saturated rings. The number of alkyl halides is 1. The number of halogens is 1. The molecule has 1 rings (SSSR count). The van der Waals surface area contributed by atoms with E-state index in [1.54, 1.807) is 0 Å². The number of hydrogen-bond donors (Lipinski definition) is 0. The van der Waals surface area contributed by atoms with Crippen molar-refractivity contribution in [2.24, 2.45) is 0 Å². The van der Waals surface area contributed by atoms with E-state index in [0.717, 1.165) is 0 Å². The molecule has 1 saturated heterocycles. The van der Waals surface area contributed by atoms with Gasteiger partial charge in [0, 0.05) is 0 Å². The molecule has 6 heteroatoms. The summed E-state index contributed by atoms with van der Waals surface area (Å²) in [5.74, 6) is -0.641. The molecule has 15 heavy (non-hydrogen) atoms. The predicted molar refractivity (Wildman–Crippen MR) is 53.7 cm³/mol. The monoisotopic (exact) mass is 233 g/mol. The SMILES string of the molecule is C=CCOC(=O)N1CC(OC(=O)CCl)C1. The topological polar surface area (TPSA) is 55.8 Å². The highest BCUT2D eigenvalue weighted by atomic mass is 35.5.